The molecule has 3 atom stereocenters. The maximum absolute atomic E-state index is 12.5. The number of aromatic nitrogens is 2. The Bertz CT molecular complexity index is 3440. The molecule has 73 heavy (non-hydrogen) atoms. The Balaban J connectivity index is 0.000000178. The van der Waals surface area contributed by atoms with Crippen LogP contribution in [0.5, 0.6) is 0 Å². The van der Waals surface area contributed by atoms with Gasteiger partial charge >= 0.3 is 53.0 Å². The predicted molar refractivity (Wildman–Crippen MR) is 257 cm³/mol. The summed E-state index contributed by atoms with van der Waals surface area (Å²) in [5.74, 6) is -2.66. The number of azo groups is 3. The van der Waals surface area contributed by atoms with Gasteiger partial charge in [-0.3, -0.25) is 14.4 Å². The number of amides is 3. The number of rotatable bonds is 11. The number of anilines is 3. The summed E-state index contributed by atoms with van der Waals surface area (Å²) >= 11 is 1.19. The van der Waals surface area contributed by atoms with E-state index in [0.29, 0.717) is 27.9 Å². The van der Waals surface area contributed by atoms with Gasteiger partial charge < -0.3 is 24.2 Å². The van der Waals surface area contributed by atoms with Gasteiger partial charge in [-0.15, -0.1) is 30.3 Å². The first-order valence-electron chi connectivity index (χ1n) is 20.2. The monoisotopic (exact) mass is 1020 g/mol. The smallest absolute Gasteiger partial charge is 0.744 e. The van der Waals surface area contributed by atoms with Crippen molar-refractivity contribution in [2.75, 3.05) is 15.0 Å². The van der Waals surface area contributed by atoms with Gasteiger partial charge in [0.05, 0.1) is 38.9 Å². The van der Waals surface area contributed by atoms with Crippen molar-refractivity contribution in [3.63, 3.8) is 0 Å². The largest absolute Gasteiger partial charge is 1.00 e. The van der Waals surface area contributed by atoms with Crippen molar-refractivity contribution >= 4 is 96.2 Å². The number of hydrogen-bond donors (Lipinski definition) is 1. The molecule has 3 aliphatic heterocycles. The first kappa shape index (κ1) is 53.1. The van der Waals surface area contributed by atoms with E-state index in [9.17, 15) is 32.1 Å². The normalized spacial score (nSPS) is 17.1. The van der Waals surface area contributed by atoms with Gasteiger partial charge in [0, 0.05) is 0 Å². The van der Waals surface area contributed by atoms with Crippen LogP contribution in [0.15, 0.2) is 196 Å². The first-order valence-corrected chi connectivity index (χ1v) is 22.5. The van der Waals surface area contributed by atoms with Crippen molar-refractivity contribution in [2.24, 2.45) is 46.0 Å². The molecule has 0 saturated carbocycles. The van der Waals surface area contributed by atoms with Gasteiger partial charge in [-0.1, -0.05) is 85.7 Å². The molecule has 0 bridgehead atoms. The van der Waals surface area contributed by atoms with Crippen molar-refractivity contribution in [2.45, 2.75) is 23.0 Å². The zero-order valence-electron chi connectivity index (χ0n) is 37.3. The predicted octanol–water partition coefficient (Wildman–Crippen LogP) is 4.71. The molecule has 28 heteroatoms. The number of nitrogens with zero attached hydrogens (tertiary/aromatic N) is 17. The average molecular weight is 1020 g/mol. The number of carboxylic acids is 1. The maximum atomic E-state index is 12.5. The van der Waals surface area contributed by atoms with Crippen LogP contribution in [0.1, 0.15) is 10.4 Å². The Morgan fingerprint density at radius 2 is 0.932 bits per heavy atom. The Morgan fingerprint density at radius 1 is 0.575 bits per heavy atom. The second-order valence-electron chi connectivity index (χ2n) is 14.0. The molecule has 0 radical (unpaired) electrons. The third kappa shape index (κ3) is 13.1. The van der Waals surface area contributed by atoms with E-state index in [1.807, 2.05) is 12.1 Å². The number of hydrogen-bond acceptors (Lipinski definition) is 19. The molecule has 3 aliphatic rings. The minimum atomic E-state index is -4.55. The fourth-order valence-electron chi connectivity index (χ4n) is 6.03. The van der Waals surface area contributed by atoms with Gasteiger partial charge in [-0.05, 0) is 100 Å². The van der Waals surface area contributed by atoms with E-state index in [4.69, 9.17) is 24.8 Å². The van der Waals surface area contributed by atoms with Gasteiger partial charge in [-0.25, -0.2) is 13.2 Å². The van der Waals surface area contributed by atoms with Gasteiger partial charge in [0.2, 0.25) is 18.1 Å². The summed E-state index contributed by atoms with van der Waals surface area (Å²) in [6.07, 6.45) is 0. The number of carboxylic acid groups (broad SMARTS) is 1. The summed E-state index contributed by atoms with van der Waals surface area (Å²) in [6, 6.07) is 33.3. The van der Waals surface area contributed by atoms with E-state index < -0.39 is 56.8 Å². The zero-order chi connectivity index (χ0) is 51.2. The van der Waals surface area contributed by atoms with Crippen molar-refractivity contribution in [3.05, 3.63) is 185 Å². The van der Waals surface area contributed by atoms with E-state index in [1.165, 1.54) is 53.2 Å². The van der Waals surface area contributed by atoms with Gasteiger partial charge in [0.15, 0.2) is 0 Å². The summed E-state index contributed by atoms with van der Waals surface area (Å²) in [4.78, 5) is 57.4. The Labute approximate surface area is 439 Å². The molecule has 9 rings (SSSR count). The second-order valence-corrected chi connectivity index (χ2v) is 16.2. The van der Waals surface area contributed by atoms with Crippen molar-refractivity contribution < 1.29 is 66.8 Å². The molecule has 4 heterocycles. The average Bonchev–Trinajstić information content (AvgIpc) is 4.20. The van der Waals surface area contributed by atoms with Gasteiger partial charge in [0.25, 0.3) is 22.9 Å². The Hall–Kier alpha value is -9.27. The number of amidine groups is 3. The van der Waals surface area contributed by atoms with E-state index in [1.54, 1.807) is 78.9 Å². The third-order valence-electron chi connectivity index (χ3n) is 9.44. The number of aromatic carboxylic acids is 1. The summed E-state index contributed by atoms with van der Waals surface area (Å²) in [6.45, 7) is 21.5. The van der Waals surface area contributed by atoms with E-state index in [0.717, 1.165) is 27.2 Å². The number of hydrazone groups is 3. The van der Waals surface area contributed by atoms with Crippen LogP contribution in [0.4, 0.5) is 33.6 Å². The quantitative estimate of drug-likeness (QED) is 0.0806. The van der Waals surface area contributed by atoms with Crippen LogP contribution >= 0.6 is 11.3 Å². The van der Waals surface area contributed by atoms with Crippen LogP contribution in [0.25, 0.3) is 14.5 Å². The van der Waals surface area contributed by atoms with Crippen molar-refractivity contribution in [1.29, 1.82) is 0 Å². The molecule has 6 aromatic rings. The van der Waals surface area contributed by atoms with E-state index in [-0.39, 0.29) is 58.3 Å². The molecule has 354 valence electrons. The van der Waals surface area contributed by atoms with Crippen molar-refractivity contribution in [1.82, 2.24) is 10.2 Å². The molecule has 0 aliphatic carbocycles. The molecular formula is C45H28N17NaO8S2. The number of para-hydroxylation sites is 3. The van der Waals surface area contributed by atoms with Crippen LogP contribution in [0, 0.1) is 19.7 Å². The molecule has 0 spiro atoms. The van der Waals surface area contributed by atoms with Crippen LogP contribution in [0.2, 0.25) is 0 Å². The summed E-state index contributed by atoms with van der Waals surface area (Å²) in [5.41, 5.74) is 3.85. The number of carbonyl (C=O) groups is 4. The van der Waals surface area contributed by atoms with Gasteiger partial charge in [-0.2, -0.15) is 25.6 Å². The van der Waals surface area contributed by atoms with Crippen LogP contribution in [-0.4, -0.2) is 87.6 Å². The zero-order valence-corrected chi connectivity index (χ0v) is 40.9. The van der Waals surface area contributed by atoms with Crippen LogP contribution in [0.3, 0.4) is 0 Å². The summed E-state index contributed by atoms with van der Waals surface area (Å²) < 4.78 is 32.7. The molecule has 0 fully saturated rings. The second kappa shape index (κ2) is 24.5. The molecule has 3 amide bonds. The van der Waals surface area contributed by atoms with E-state index in [2.05, 4.69) is 70.7 Å². The Morgan fingerprint density at radius 3 is 1.25 bits per heavy atom. The fraction of sp³-hybridized carbons (Fsp3) is 0.0667. The fourth-order valence-corrected chi connectivity index (χ4v) is 6.88. The third-order valence-corrected chi connectivity index (χ3v) is 10.9. The SMILES string of the molecule is [C-]#[N+]C1=NN(c2ccccc2)C(=O)C1N=Nc1ccc(C(=O)O)cc1.[C-]#[N+]C1=NN(c2ccccc2)C(=O)C1N=Nc1ccc(S(=O)(=O)[O-])cc1.[C-]#[N+]C1=NN(c2ccccc2)C(=O)C1N=Nc1nncs1.[Na+]. The summed E-state index contributed by atoms with van der Waals surface area (Å²) in [5, 5.41) is 55.1. The topological polar surface area (TPSA) is 306 Å². The minimum absolute atomic E-state index is 0. The maximum Gasteiger partial charge on any atom is 1.00 e. The molecular weight excluding hydrogens is 994 g/mol. The molecule has 1 aromatic heterocycles. The standard InChI is InChI=1S/C17H11N5O3.C16H11N5O4S.C12H7N7OS.Na/c1-18-15-14(16(23)22(21-15)13-5-3-2-4-6-13)20-19-12-9-7-11(8-10-12)17(24)25;1-17-15-14(16(22)21(20-15)12-5-3-2-4-6-12)19-18-11-7-9-13(10-8-11)26(23,24)25;1-13-10-9(15-17-12-16-14-7-21-12)11(20)19(18-10)8-5-3-2-4-6-8;/h2-10,14H,(H,24,25);2-10,14H,(H,23,24,25);2-7,9H;/q;;;+1/p-1. The number of benzene rings is 5. The van der Waals surface area contributed by atoms with Crippen LogP contribution < -0.4 is 44.6 Å². The summed E-state index contributed by atoms with van der Waals surface area (Å²) in [7, 11) is -4.55. The molecule has 0 saturated heterocycles. The molecule has 5 aromatic carbocycles. The Kier molecular flexibility index (Phi) is 17.8. The number of carbonyl (C=O) groups excluding carboxylic acids is 3. The molecule has 25 nitrogen and oxygen atoms in total. The van der Waals surface area contributed by atoms with Gasteiger partial charge in [0.1, 0.15) is 15.6 Å². The van der Waals surface area contributed by atoms with E-state index >= 15 is 0 Å². The molecule has 1 N–H and O–H groups in total. The van der Waals surface area contributed by atoms with Crippen molar-refractivity contribution in [3.8, 4) is 0 Å². The molecule has 3 unspecified atom stereocenters. The minimum Gasteiger partial charge on any atom is -0.744 e. The first-order chi connectivity index (χ1) is 34.8. The van der Waals surface area contributed by atoms with Crippen LogP contribution in [-0.2, 0) is 24.5 Å².